The molecule has 0 bridgehead atoms. The molecule has 1 aliphatic heterocycles. The number of amides is 1. The van der Waals surface area contributed by atoms with Crippen LogP contribution in [0.2, 0.25) is 19.6 Å². The number of rotatable bonds is 4. The third kappa shape index (κ3) is 4.59. The van der Waals surface area contributed by atoms with Crippen molar-refractivity contribution in [2.45, 2.75) is 58.2 Å². The maximum absolute atomic E-state index is 11.9. The minimum atomic E-state index is -1.62. The number of hydrogen-bond acceptors (Lipinski definition) is 4. The zero-order valence-corrected chi connectivity index (χ0v) is 13.0. The molecule has 1 amide bonds. The van der Waals surface area contributed by atoms with Crippen molar-refractivity contribution in [2.24, 2.45) is 0 Å². The van der Waals surface area contributed by atoms with Crippen LogP contribution in [0, 0.1) is 0 Å². The van der Waals surface area contributed by atoms with E-state index < -0.39 is 8.32 Å². The Kier molecular flexibility index (Phi) is 5.18. The molecule has 1 heterocycles. The molecule has 2 atom stereocenters. The van der Waals surface area contributed by atoms with Gasteiger partial charge in [0.2, 0.25) is 0 Å². The van der Waals surface area contributed by atoms with Crippen LogP contribution < -0.4 is 0 Å². The molecule has 1 aliphatic rings. The van der Waals surface area contributed by atoms with Crippen molar-refractivity contribution in [2.75, 3.05) is 13.2 Å². The highest BCUT2D eigenvalue weighted by Crippen LogP contribution is 2.24. The summed E-state index contributed by atoms with van der Waals surface area (Å²) in [5.74, 6) is 0. The minimum Gasteiger partial charge on any atom is -0.447 e. The summed E-state index contributed by atoms with van der Waals surface area (Å²) < 4.78 is 11.2. The van der Waals surface area contributed by atoms with Crippen LogP contribution in [0.5, 0.6) is 0 Å². The SMILES string of the molecule is CC(C)OC(=O)N1CC(O[Si](C)(C)C)CC1CO. The fourth-order valence-corrected chi connectivity index (χ4v) is 3.30. The van der Waals surface area contributed by atoms with Gasteiger partial charge in [0.25, 0.3) is 0 Å². The number of carbonyl (C=O) groups excluding carboxylic acids is 1. The zero-order valence-electron chi connectivity index (χ0n) is 12.0. The van der Waals surface area contributed by atoms with Gasteiger partial charge in [0.05, 0.1) is 24.9 Å². The van der Waals surface area contributed by atoms with Gasteiger partial charge in [-0.15, -0.1) is 0 Å². The maximum atomic E-state index is 11.9. The number of hydrogen-bond donors (Lipinski definition) is 1. The quantitative estimate of drug-likeness (QED) is 0.795. The van der Waals surface area contributed by atoms with Gasteiger partial charge in [0.1, 0.15) is 0 Å². The van der Waals surface area contributed by atoms with Crippen LogP contribution in [-0.2, 0) is 9.16 Å². The molecule has 1 saturated heterocycles. The molecule has 5 nitrogen and oxygen atoms in total. The van der Waals surface area contributed by atoms with E-state index in [-0.39, 0.29) is 30.9 Å². The summed E-state index contributed by atoms with van der Waals surface area (Å²) >= 11 is 0. The van der Waals surface area contributed by atoms with Crippen molar-refractivity contribution in [3.8, 4) is 0 Å². The van der Waals surface area contributed by atoms with E-state index in [9.17, 15) is 9.90 Å². The molecule has 0 aromatic carbocycles. The van der Waals surface area contributed by atoms with Gasteiger partial charge in [0.15, 0.2) is 8.32 Å². The van der Waals surface area contributed by atoms with Crippen molar-refractivity contribution in [1.29, 1.82) is 0 Å². The Morgan fingerprint density at radius 1 is 1.44 bits per heavy atom. The number of aliphatic hydroxyl groups is 1. The monoisotopic (exact) mass is 275 g/mol. The fourth-order valence-electron chi connectivity index (χ4n) is 2.13. The lowest BCUT2D eigenvalue weighted by atomic mass is 10.2. The summed E-state index contributed by atoms with van der Waals surface area (Å²) in [4.78, 5) is 13.5. The molecule has 18 heavy (non-hydrogen) atoms. The second-order valence-electron chi connectivity index (χ2n) is 6.01. The average molecular weight is 275 g/mol. The van der Waals surface area contributed by atoms with E-state index in [1.165, 1.54) is 0 Å². The summed E-state index contributed by atoms with van der Waals surface area (Å²) in [6.07, 6.45) is 0.210. The Bertz CT molecular complexity index is 290. The summed E-state index contributed by atoms with van der Waals surface area (Å²) in [5, 5.41) is 9.34. The van der Waals surface area contributed by atoms with Gasteiger partial charge in [0, 0.05) is 6.54 Å². The highest BCUT2D eigenvalue weighted by Gasteiger charge is 2.38. The van der Waals surface area contributed by atoms with Gasteiger partial charge in [-0.3, -0.25) is 0 Å². The number of nitrogens with zero attached hydrogens (tertiary/aromatic N) is 1. The molecule has 106 valence electrons. The molecule has 0 saturated carbocycles. The van der Waals surface area contributed by atoms with Gasteiger partial charge in [-0.1, -0.05) is 0 Å². The molecule has 1 rings (SSSR count). The molecule has 0 spiro atoms. The first-order valence-electron chi connectivity index (χ1n) is 6.49. The van der Waals surface area contributed by atoms with Gasteiger partial charge < -0.3 is 19.2 Å². The van der Waals surface area contributed by atoms with Crippen LogP contribution >= 0.6 is 0 Å². The van der Waals surface area contributed by atoms with Crippen molar-refractivity contribution in [1.82, 2.24) is 4.90 Å². The largest absolute Gasteiger partial charge is 0.447 e. The molecule has 0 aromatic heterocycles. The van der Waals surface area contributed by atoms with E-state index in [2.05, 4.69) is 19.6 Å². The van der Waals surface area contributed by atoms with Crippen LogP contribution in [0.4, 0.5) is 4.79 Å². The van der Waals surface area contributed by atoms with E-state index in [0.717, 1.165) is 0 Å². The van der Waals surface area contributed by atoms with Crippen molar-refractivity contribution in [3.05, 3.63) is 0 Å². The van der Waals surface area contributed by atoms with Gasteiger partial charge in [-0.25, -0.2) is 4.79 Å². The zero-order chi connectivity index (χ0) is 13.9. The van der Waals surface area contributed by atoms with Crippen LogP contribution in [-0.4, -0.2) is 55.8 Å². The molecule has 0 aromatic rings. The van der Waals surface area contributed by atoms with Crippen molar-refractivity contribution >= 4 is 14.4 Å². The van der Waals surface area contributed by atoms with Crippen LogP contribution in [0.15, 0.2) is 0 Å². The number of ether oxygens (including phenoxy) is 1. The lowest BCUT2D eigenvalue weighted by molar-refractivity contribution is 0.0617. The summed E-state index contributed by atoms with van der Waals surface area (Å²) in [5.41, 5.74) is 0. The standard InChI is InChI=1S/C12H25NO4Si/c1-9(2)16-12(15)13-7-11(6-10(13)8-14)17-18(3,4)5/h9-11,14H,6-8H2,1-5H3. The fraction of sp³-hybridized carbons (Fsp3) is 0.917. The second kappa shape index (κ2) is 6.03. The molecule has 2 unspecified atom stereocenters. The Balaban J connectivity index is 2.61. The number of carbonyl (C=O) groups is 1. The third-order valence-electron chi connectivity index (χ3n) is 2.68. The van der Waals surface area contributed by atoms with Crippen molar-refractivity contribution < 1.29 is 19.1 Å². The smallest absolute Gasteiger partial charge is 0.410 e. The number of aliphatic hydroxyl groups excluding tert-OH is 1. The van der Waals surface area contributed by atoms with E-state index >= 15 is 0 Å². The molecule has 0 aliphatic carbocycles. The number of likely N-dealkylation sites (tertiary alicyclic amines) is 1. The third-order valence-corrected chi connectivity index (χ3v) is 3.72. The van der Waals surface area contributed by atoms with Gasteiger partial charge >= 0.3 is 6.09 Å². The second-order valence-corrected chi connectivity index (χ2v) is 10.5. The van der Waals surface area contributed by atoms with Crippen molar-refractivity contribution in [3.63, 3.8) is 0 Å². The summed E-state index contributed by atoms with van der Waals surface area (Å²) in [6.45, 7) is 10.5. The van der Waals surface area contributed by atoms with E-state index in [1.807, 2.05) is 13.8 Å². The molecule has 0 radical (unpaired) electrons. The summed E-state index contributed by atoms with van der Waals surface area (Å²) in [6, 6.07) is -0.183. The maximum Gasteiger partial charge on any atom is 0.410 e. The minimum absolute atomic E-state index is 0.0218. The lowest BCUT2D eigenvalue weighted by Crippen LogP contribution is -2.40. The van der Waals surface area contributed by atoms with E-state index in [1.54, 1.807) is 4.90 Å². The van der Waals surface area contributed by atoms with Gasteiger partial charge in [-0.05, 0) is 39.9 Å². The first-order chi connectivity index (χ1) is 8.23. The molecular weight excluding hydrogens is 250 g/mol. The van der Waals surface area contributed by atoms with Crippen LogP contribution in [0.3, 0.4) is 0 Å². The van der Waals surface area contributed by atoms with Crippen LogP contribution in [0.25, 0.3) is 0 Å². The molecule has 1 N–H and O–H groups in total. The normalized spacial score (nSPS) is 24.7. The molecule has 1 fully saturated rings. The topological polar surface area (TPSA) is 59.0 Å². The van der Waals surface area contributed by atoms with Gasteiger partial charge in [-0.2, -0.15) is 0 Å². The summed E-state index contributed by atoms with van der Waals surface area (Å²) in [7, 11) is -1.62. The first-order valence-corrected chi connectivity index (χ1v) is 9.89. The average Bonchev–Trinajstić information content (AvgIpc) is 2.57. The van der Waals surface area contributed by atoms with Crippen LogP contribution in [0.1, 0.15) is 20.3 Å². The lowest BCUT2D eigenvalue weighted by Gasteiger charge is -2.24. The Labute approximate surface area is 110 Å². The predicted molar refractivity (Wildman–Crippen MR) is 72.0 cm³/mol. The Hall–Kier alpha value is -0.593. The van der Waals surface area contributed by atoms with E-state index in [0.29, 0.717) is 13.0 Å². The highest BCUT2D eigenvalue weighted by atomic mass is 28.4. The Morgan fingerprint density at radius 3 is 2.50 bits per heavy atom. The highest BCUT2D eigenvalue weighted by molar-refractivity contribution is 6.69. The first kappa shape index (κ1) is 15.5. The molecular formula is C12H25NO4Si. The Morgan fingerprint density at radius 2 is 2.06 bits per heavy atom. The predicted octanol–water partition coefficient (Wildman–Crippen LogP) is 1.82. The van der Waals surface area contributed by atoms with E-state index in [4.69, 9.17) is 9.16 Å². The molecule has 6 heteroatoms.